The van der Waals surface area contributed by atoms with Gasteiger partial charge < -0.3 is 5.32 Å². The first-order valence-corrected chi connectivity index (χ1v) is 9.21. The van der Waals surface area contributed by atoms with Crippen molar-refractivity contribution < 1.29 is 4.79 Å². The van der Waals surface area contributed by atoms with Crippen LogP contribution in [0.1, 0.15) is 45.4 Å². The zero-order chi connectivity index (χ0) is 17.2. The number of carbonyl (C=O) groups excluding carboxylic acids is 1. The molecule has 0 bridgehead atoms. The van der Waals surface area contributed by atoms with Gasteiger partial charge in [-0.3, -0.25) is 9.78 Å². The Morgan fingerprint density at radius 3 is 3.00 bits per heavy atom. The van der Waals surface area contributed by atoms with E-state index >= 15 is 0 Å². The summed E-state index contributed by atoms with van der Waals surface area (Å²) >= 11 is 1.48. The molecule has 3 heterocycles. The van der Waals surface area contributed by atoms with Gasteiger partial charge in [0.25, 0.3) is 5.91 Å². The third-order valence-corrected chi connectivity index (χ3v) is 5.49. The lowest BCUT2D eigenvalue weighted by molar-refractivity contribution is 0.0936. The maximum absolute atomic E-state index is 12.5. The highest BCUT2D eigenvalue weighted by atomic mass is 32.1. The molecule has 1 unspecified atom stereocenters. The van der Waals surface area contributed by atoms with Crippen LogP contribution in [0, 0.1) is 6.92 Å². The van der Waals surface area contributed by atoms with Crippen LogP contribution in [-0.4, -0.2) is 20.9 Å². The van der Waals surface area contributed by atoms with Crippen LogP contribution in [0.15, 0.2) is 42.2 Å². The Kier molecular flexibility index (Phi) is 4.28. The zero-order valence-electron chi connectivity index (χ0n) is 13.9. The molecule has 1 atom stereocenters. The van der Waals surface area contributed by atoms with Gasteiger partial charge >= 0.3 is 0 Å². The summed E-state index contributed by atoms with van der Waals surface area (Å²) in [6.07, 6.45) is 8.19. The molecule has 0 aliphatic heterocycles. The van der Waals surface area contributed by atoms with Crippen LogP contribution in [0.2, 0.25) is 0 Å². The van der Waals surface area contributed by atoms with Gasteiger partial charge in [-0.1, -0.05) is 0 Å². The third-order valence-electron chi connectivity index (χ3n) is 4.48. The molecule has 3 aromatic heterocycles. The summed E-state index contributed by atoms with van der Waals surface area (Å²) in [4.78, 5) is 26.7. The molecule has 1 aliphatic rings. The van der Waals surface area contributed by atoms with Gasteiger partial charge in [0.15, 0.2) is 5.82 Å². The molecule has 1 N–H and O–H groups in total. The molecule has 1 aliphatic carbocycles. The van der Waals surface area contributed by atoms with Gasteiger partial charge in [0.1, 0.15) is 0 Å². The van der Waals surface area contributed by atoms with E-state index in [1.165, 1.54) is 11.3 Å². The highest BCUT2D eigenvalue weighted by molar-refractivity contribution is 7.12. The van der Waals surface area contributed by atoms with E-state index in [-0.39, 0.29) is 11.9 Å². The SMILES string of the molecule is Cc1ccsc1C(=O)NC1CCCc2nc(-c3cccnc3)ncc21. The summed E-state index contributed by atoms with van der Waals surface area (Å²) in [5, 5.41) is 5.10. The van der Waals surface area contributed by atoms with Crippen molar-refractivity contribution in [1.29, 1.82) is 0 Å². The van der Waals surface area contributed by atoms with Gasteiger partial charge in [0.2, 0.25) is 0 Å². The van der Waals surface area contributed by atoms with Gasteiger partial charge in [-0.05, 0) is 55.3 Å². The van der Waals surface area contributed by atoms with Crippen molar-refractivity contribution in [3.05, 3.63) is 63.9 Å². The Bertz CT molecular complexity index is 907. The second kappa shape index (κ2) is 6.72. The van der Waals surface area contributed by atoms with E-state index in [2.05, 4.69) is 15.3 Å². The van der Waals surface area contributed by atoms with Gasteiger partial charge in [0.05, 0.1) is 10.9 Å². The predicted octanol–water partition coefficient (Wildman–Crippen LogP) is 3.72. The number of nitrogens with zero attached hydrogens (tertiary/aromatic N) is 3. The number of aromatic nitrogens is 3. The number of carbonyl (C=O) groups is 1. The van der Waals surface area contributed by atoms with Crippen molar-refractivity contribution in [2.24, 2.45) is 0 Å². The molecule has 126 valence electrons. The van der Waals surface area contributed by atoms with Crippen molar-refractivity contribution in [2.45, 2.75) is 32.2 Å². The molecule has 5 nitrogen and oxygen atoms in total. The standard InChI is InChI=1S/C19H18N4OS/c1-12-7-9-25-17(12)19(24)23-16-6-2-5-15-14(16)11-21-18(22-15)13-4-3-8-20-10-13/h3-4,7-11,16H,2,5-6H2,1H3,(H,23,24). The van der Waals surface area contributed by atoms with Crippen LogP contribution < -0.4 is 5.32 Å². The molecule has 0 spiro atoms. The van der Waals surface area contributed by atoms with Crippen LogP contribution >= 0.6 is 11.3 Å². The van der Waals surface area contributed by atoms with Crippen molar-refractivity contribution in [3.63, 3.8) is 0 Å². The van der Waals surface area contributed by atoms with Crippen molar-refractivity contribution in [2.75, 3.05) is 0 Å². The van der Waals surface area contributed by atoms with Crippen LogP contribution in [-0.2, 0) is 6.42 Å². The molecule has 6 heteroatoms. The van der Waals surface area contributed by atoms with E-state index < -0.39 is 0 Å². The monoisotopic (exact) mass is 350 g/mol. The molecule has 25 heavy (non-hydrogen) atoms. The Hall–Kier alpha value is -2.60. The Labute approximate surface area is 150 Å². The molecule has 0 radical (unpaired) electrons. The van der Waals surface area contributed by atoms with Gasteiger partial charge in [0, 0.05) is 35.4 Å². The molecular formula is C19H18N4OS. The minimum atomic E-state index is -0.0271. The molecule has 0 aromatic carbocycles. The maximum atomic E-state index is 12.5. The fourth-order valence-corrected chi connectivity index (χ4v) is 3.99. The molecular weight excluding hydrogens is 332 g/mol. The lowest BCUT2D eigenvalue weighted by Crippen LogP contribution is -2.31. The van der Waals surface area contributed by atoms with E-state index in [1.807, 2.05) is 36.7 Å². The lowest BCUT2D eigenvalue weighted by Gasteiger charge is -2.25. The first kappa shape index (κ1) is 15.9. The van der Waals surface area contributed by atoms with Crippen LogP contribution in [0.3, 0.4) is 0 Å². The van der Waals surface area contributed by atoms with Crippen molar-refractivity contribution in [3.8, 4) is 11.4 Å². The topological polar surface area (TPSA) is 67.8 Å². The van der Waals surface area contributed by atoms with Gasteiger partial charge in [-0.15, -0.1) is 11.3 Å². The fraction of sp³-hybridized carbons (Fsp3) is 0.263. The van der Waals surface area contributed by atoms with Crippen LogP contribution in [0.4, 0.5) is 0 Å². The van der Waals surface area contributed by atoms with Crippen molar-refractivity contribution in [1.82, 2.24) is 20.3 Å². The smallest absolute Gasteiger partial charge is 0.262 e. The lowest BCUT2D eigenvalue weighted by atomic mass is 9.92. The molecule has 3 aromatic rings. The number of amides is 1. The average Bonchev–Trinajstić information content (AvgIpc) is 3.08. The molecule has 0 saturated carbocycles. The van der Waals surface area contributed by atoms with E-state index in [9.17, 15) is 4.79 Å². The summed E-state index contributed by atoms with van der Waals surface area (Å²) in [5.41, 5.74) is 3.97. The number of nitrogens with one attached hydrogen (secondary N) is 1. The summed E-state index contributed by atoms with van der Waals surface area (Å²) in [6, 6.07) is 5.78. The minimum absolute atomic E-state index is 0.0123. The number of fused-ring (bicyclic) bond motifs is 1. The summed E-state index contributed by atoms with van der Waals surface area (Å²) in [6.45, 7) is 1.96. The van der Waals surface area contributed by atoms with Gasteiger partial charge in [-0.2, -0.15) is 0 Å². The quantitative estimate of drug-likeness (QED) is 0.782. The van der Waals surface area contributed by atoms with Crippen LogP contribution in [0.5, 0.6) is 0 Å². The Morgan fingerprint density at radius 2 is 2.24 bits per heavy atom. The number of thiophene rings is 1. The van der Waals surface area contributed by atoms with E-state index in [4.69, 9.17) is 4.98 Å². The average molecular weight is 350 g/mol. The number of rotatable bonds is 3. The summed E-state index contributed by atoms with van der Waals surface area (Å²) in [5.74, 6) is 0.676. The Morgan fingerprint density at radius 1 is 1.32 bits per heavy atom. The van der Waals surface area contributed by atoms with Crippen molar-refractivity contribution >= 4 is 17.2 Å². The molecule has 0 saturated heterocycles. The number of hydrogen-bond donors (Lipinski definition) is 1. The third kappa shape index (κ3) is 3.17. The molecule has 1 amide bonds. The number of aryl methyl sites for hydroxylation is 2. The summed E-state index contributed by atoms with van der Waals surface area (Å²) < 4.78 is 0. The normalized spacial score (nSPS) is 16.3. The highest BCUT2D eigenvalue weighted by Crippen LogP contribution is 2.30. The summed E-state index contributed by atoms with van der Waals surface area (Å²) in [7, 11) is 0. The second-order valence-electron chi connectivity index (χ2n) is 6.19. The first-order valence-electron chi connectivity index (χ1n) is 8.33. The molecule has 4 rings (SSSR count). The fourth-order valence-electron chi connectivity index (χ4n) is 3.16. The van der Waals surface area contributed by atoms with Gasteiger partial charge in [-0.25, -0.2) is 9.97 Å². The van der Waals surface area contributed by atoms with E-state index in [0.717, 1.165) is 46.5 Å². The number of pyridine rings is 1. The highest BCUT2D eigenvalue weighted by Gasteiger charge is 2.25. The number of hydrogen-bond acceptors (Lipinski definition) is 5. The molecule has 0 fully saturated rings. The largest absolute Gasteiger partial charge is 0.344 e. The minimum Gasteiger partial charge on any atom is -0.344 e. The second-order valence-corrected chi connectivity index (χ2v) is 7.10. The van der Waals surface area contributed by atoms with E-state index in [1.54, 1.807) is 12.4 Å². The maximum Gasteiger partial charge on any atom is 0.262 e. The Balaban J connectivity index is 1.60. The zero-order valence-corrected chi connectivity index (χ0v) is 14.7. The van der Waals surface area contributed by atoms with Crippen LogP contribution in [0.25, 0.3) is 11.4 Å². The first-order chi connectivity index (χ1) is 12.2. The van der Waals surface area contributed by atoms with E-state index in [0.29, 0.717) is 5.82 Å². The predicted molar refractivity (Wildman–Crippen MR) is 97.5 cm³/mol.